The molecule has 84 valence electrons. The molecule has 0 aliphatic heterocycles. The quantitative estimate of drug-likeness (QED) is 0.427. The van der Waals surface area contributed by atoms with Gasteiger partial charge >= 0.3 is 5.97 Å². The molecule has 0 fully saturated rings. The number of aliphatic carboxylic acids is 1. The lowest BCUT2D eigenvalue weighted by atomic mass is 10.1. The van der Waals surface area contributed by atoms with Crippen molar-refractivity contribution in [1.82, 2.24) is 0 Å². The molecule has 0 rings (SSSR count). The van der Waals surface area contributed by atoms with Gasteiger partial charge in [0, 0.05) is 17.4 Å². The van der Waals surface area contributed by atoms with Gasteiger partial charge in [-0.05, 0) is 18.5 Å². The Hall–Kier alpha value is 0.0869. The van der Waals surface area contributed by atoms with E-state index in [0.29, 0.717) is 5.57 Å². The van der Waals surface area contributed by atoms with Crippen LogP contribution < -0.4 is 0 Å². The Kier molecular flexibility index (Phi) is 11.4. The van der Waals surface area contributed by atoms with Gasteiger partial charge in [-0.1, -0.05) is 19.9 Å². The Morgan fingerprint density at radius 1 is 1.71 bits per heavy atom. The minimum absolute atomic E-state index is 0. The van der Waals surface area contributed by atoms with E-state index in [9.17, 15) is 4.79 Å². The maximum Gasteiger partial charge on any atom is 0.331 e. The highest BCUT2D eigenvalue weighted by Gasteiger charge is 2.18. The summed E-state index contributed by atoms with van der Waals surface area (Å²) in [6.45, 7) is 5.61. The first-order valence-corrected chi connectivity index (χ1v) is 6.75. The van der Waals surface area contributed by atoms with Crippen LogP contribution in [0.4, 0.5) is 0 Å². The largest absolute Gasteiger partial charge is 0.478 e. The summed E-state index contributed by atoms with van der Waals surface area (Å²) in [6, 6.07) is 0. The van der Waals surface area contributed by atoms with E-state index in [1.807, 2.05) is 13.2 Å². The van der Waals surface area contributed by atoms with Crippen LogP contribution in [0.3, 0.4) is 0 Å². The summed E-state index contributed by atoms with van der Waals surface area (Å²) in [4.78, 5) is 10.6. The second kappa shape index (κ2) is 9.63. The number of rotatable bonds is 7. The van der Waals surface area contributed by atoms with E-state index in [0.717, 1.165) is 12.8 Å². The van der Waals surface area contributed by atoms with Crippen molar-refractivity contribution in [2.45, 2.75) is 25.3 Å². The molecular formula is C8H18O3S2Si. The predicted molar refractivity (Wildman–Crippen MR) is 69.0 cm³/mol. The van der Waals surface area contributed by atoms with Crippen molar-refractivity contribution in [3.8, 4) is 0 Å². The lowest BCUT2D eigenvalue weighted by Gasteiger charge is -2.13. The summed E-state index contributed by atoms with van der Waals surface area (Å²) < 4.78 is 5.25. The first-order chi connectivity index (χ1) is 6.13. The van der Waals surface area contributed by atoms with E-state index < -0.39 is 15.7 Å². The first kappa shape index (κ1) is 16.5. The summed E-state index contributed by atoms with van der Waals surface area (Å²) in [6.07, 6.45) is 3.69. The molecule has 0 spiro atoms. The fourth-order valence-electron chi connectivity index (χ4n) is 1.03. The van der Waals surface area contributed by atoms with E-state index in [2.05, 4.69) is 6.58 Å². The molecule has 6 heteroatoms. The first-order valence-electron chi connectivity index (χ1n) is 4.21. The Morgan fingerprint density at radius 2 is 2.29 bits per heavy atom. The van der Waals surface area contributed by atoms with E-state index in [4.69, 9.17) is 8.98 Å². The van der Waals surface area contributed by atoms with Crippen LogP contribution in [-0.4, -0.2) is 27.1 Å². The van der Waals surface area contributed by atoms with E-state index in [1.54, 1.807) is 0 Å². The van der Waals surface area contributed by atoms with Gasteiger partial charge in [-0.2, -0.15) is 13.5 Å². The topological polar surface area (TPSA) is 46.5 Å². The van der Waals surface area contributed by atoms with Crippen LogP contribution in [0.2, 0.25) is 5.54 Å². The summed E-state index contributed by atoms with van der Waals surface area (Å²) in [5.74, 6) is -0.893. The summed E-state index contributed by atoms with van der Waals surface area (Å²) in [5, 5.41) is 8.74. The number of carbonyl (C=O) groups is 1. The van der Waals surface area contributed by atoms with Gasteiger partial charge < -0.3 is 8.98 Å². The third-order valence-corrected chi connectivity index (χ3v) is 4.58. The number of carboxylic acid groups (broad SMARTS) is 1. The predicted octanol–water partition coefficient (Wildman–Crippen LogP) is 1.71. The zero-order valence-electron chi connectivity index (χ0n) is 8.58. The zero-order chi connectivity index (χ0) is 10.3. The highest BCUT2D eigenvalue weighted by Crippen LogP contribution is 2.22. The lowest BCUT2D eigenvalue weighted by Crippen LogP contribution is -2.13. The molecule has 14 heavy (non-hydrogen) atoms. The highest BCUT2D eigenvalue weighted by atomic mass is 32.2. The molecule has 0 aromatic heterocycles. The fourth-order valence-corrected chi connectivity index (χ4v) is 3.18. The van der Waals surface area contributed by atoms with Crippen LogP contribution in [0, 0.1) is 0 Å². The van der Waals surface area contributed by atoms with Gasteiger partial charge in [0.15, 0.2) is 9.76 Å². The van der Waals surface area contributed by atoms with Gasteiger partial charge in [0.2, 0.25) is 0 Å². The van der Waals surface area contributed by atoms with Crippen LogP contribution in [0.25, 0.3) is 0 Å². The maximum absolute atomic E-state index is 10.6. The standard InChI is InChI=1S/C8H16O3SSi.H2S/c1-4-5-7(13-11-12-3)6(2)8(9)10;/h7H,2,4-5,13H2,1,3H3,(H,9,10);1H2. The molecule has 0 radical (unpaired) electrons. The van der Waals surface area contributed by atoms with Gasteiger partial charge in [0.25, 0.3) is 0 Å². The molecular weight excluding hydrogens is 236 g/mol. The monoisotopic (exact) mass is 254 g/mol. The molecule has 1 N–H and O–H groups in total. The van der Waals surface area contributed by atoms with Gasteiger partial charge in [0.1, 0.15) is 0 Å². The molecule has 0 aliphatic rings. The molecule has 3 nitrogen and oxygen atoms in total. The van der Waals surface area contributed by atoms with Crippen LogP contribution in [-0.2, 0) is 8.67 Å². The molecule has 0 aromatic carbocycles. The van der Waals surface area contributed by atoms with Crippen molar-refractivity contribution in [2.24, 2.45) is 0 Å². The molecule has 0 saturated heterocycles. The van der Waals surface area contributed by atoms with Crippen LogP contribution in [0.15, 0.2) is 12.2 Å². The SMILES string of the molecule is C=C(C(=O)O)C(CCC)[SiH2]OSC.S. The molecule has 0 aliphatic carbocycles. The van der Waals surface area contributed by atoms with Gasteiger partial charge in [-0.3, -0.25) is 0 Å². The molecule has 0 bridgehead atoms. The van der Waals surface area contributed by atoms with Crippen molar-refractivity contribution in [3.05, 3.63) is 12.2 Å². The Morgan fingerprint density at radius 3 is 2.64 bits per heavy atom. The minimum atomic E-state index is -0.893. The van der Waals surface area contributed by atoms with Gasteiger partial charge in [-0.25, -0.2) is 4.79 Å². The van der Waals surface area contributed by atoms with E-state index in [-0.39, 0.29) is 19.0 Å². The van der Waals surface area contributed by atoms with E-state index in [1.165, 1.54) is 12.0 Å². The number of hydrogen-bond acceptors (Lipinski definition) is 3. The third-order valence-electron chi connectivity index (χ3n) is 1.79. The van der Waals surface area contributed by atoms with Crippen LogP contribution in [0.1, 0.15) is 19.8 Å². The van der Waals surface area contributed by atoms with Crippen molar-refractivity contribution < 1.29 is 13.8 Å². The van der Waals surface area contributed by atoms with Crippen molar-refractivity contribution in [2.75, 3.05) is 6.26 Å². The fraction of sp³-hybridized carbons (Fsp3) is 0.625. The van der Waals surface area contributed by atoms with Gasteiger partial charge in [0.05, 0.1) is 0 Å². The third kappa shape index (κ3) is 6.53. The second-order valence-electron chi connectivity index (χ2n) is 2.77. The maximum atomic E-state index is 10.6. The summed E-state index contributed by atoms with van der Waals surface area (Å²) in [5.41, 5.74) is 0.387. The average molecular weight is 254 g/mol. The lowest BCUT2D eigenvalue weighted by molar-refractivity contribution is -0.132. The molecule has 0 saturated carbocycles. The van der Waals surface area contributed by atoms with Crippen LogP contribution in [0.5, 0.6) is 0 Å². The van der Waals surface area contributed by atoms with Crippen LogP contribution >= 0.6 is 25.5 Å². The summed E-state index contributed by atoms with van der Waals surface area (Å²) in [7, 11) is -0.793. The number of hydrogen-bond donors (Lipinski definition) is 1. The zero-order valence-corrected chi connectivity index (χ0v) is 11.8. The Labute approximate surface area is 98.9 Å². The second-order valence-corrected chi connectivity index (χ2v) is 5.36. The Bertz CT molecular complexity index is 187. The van der Waals surface area contributed by atoms with Crippen molar-refractivity contribution in [1.29, 1.82) is 0 Å². The normalized spacial score (nSPS) is 12.4. The molecule has 1 unspecified atom stereocenters. The Balaban J connectivity index is 0. The van der Waals surface area contributed by atoms with Crippen molar-refractivity contribution in [3.63, 3.8) is 0 Å². The van der Waals surface area contributed by atoms with Gasteiger partial charge in [-0.15, -0.1) is 0 Å². The smallest absolute Gasteiger partial charge is 0.331 e. The minimum Gasteiger partial charge on any atom is -0.478 e. The average Bonchev–Trinajstić information content (AvgIpc) is 2.11. The van der Waals surface area contributed by atoms with Crippen molar-refractivity contribution >= 4 is 41.3 Å². The summed E-state index contributed by atoms with van der Waals surface area (Å²) >= 11 is 1.31. The number of carboxylic acids is 1. The molecule has 0 heterocycles. The van der Waals surface area contributed by atoms with E-state index >= 15 is 0 Å². The molecule has 1 atom stereocenters. The molecule has 0 amide bonds. The highest BCUT2D eigenvalue weighted by molar-refractivity contribution is 7.94. The molecule has 0 aromatic rings.